The van der Waals surface area contributed by atoms with Gasteiger partial charge >= 0.3 is 0 Å². The van der Waals surface area contributed by atoms with E-state index in [4.69, 9.17) is 12.2 Å². The van der Waals surface area contributed by atoms with Gasteiger partial charge in [0.05, 0.1) is 6.20 Å². The highest BCUT2D eigenvalue weighted by Crippen LogP contribution is 2.19. The Labute approximate surface area is 157 Å². The van der Waals surface area contributed by atoms with Crippen molar-refractivity contribution in [3.05, 3.63) is 46.9 Å². The molecule has 0 aliphatic carbocycles. The Morgan fingerprint density at radius 2 is 2.15 bits per heavy atom. The molecule has 136 valence electrons. The van der Waals surface area contributed by atoms with Crippen LogP contribution in [0.5, 0.6) is 0 Å². The van der Waals surface area contributed by atoms with Gasteiger partial charge in [0, 0.05) is 30.6 Å². The number of anilines is 1. The second kappa shape index (κ2) is 7.65. The summed E-state index contributed by atoms with van der Waals surface area (Å²) in [5.74, 6) is 1.34. The van der Waals surface area contributed by atoms with Crippen LogP contribution in [0.15, 0.2) is 36.5 Å². The van der Waals surface area contributed by atoms with Crippen molar-refractivity contribution < 1.29 is 4.79 Å². The first-order chi connectivity index (χ1) is 12.5. The van der Waals surface area contributed by atoms with E-state index < -0.39 is 0 Å². The lowest BCUT2D eigenvalue weighted by atomic mass is 10.1. The second-order valence-electron chi connectivity index (χ2n) is 6.43. The monoisotopic (exact) mass is 370 g/mol. The molecule has 0 unspecified atom stereocenters. The van der Waals surface area contributed by atoms with E-state index in [1.54, 1.807) is 16.9 Å². The first-order valence-electron chi connectivity index (χ1n) is 8.51. The molecule has 3 rings (SSSR count). The molecule has 0 radical (unpaired) electrons. The molecule has 3 aromatic rings. The molecule has 0 aliphatic heterocycles. The van der Waals surface area contributed by atoms with Gasteiger partial charge in [-0.2, -0.15) is 10.2 Å². The molecule has 0 aliphatic rings. The molecule has 2 aromatic heterocycles. The Bertz CT molecular complexity index is 968. The molecule has 0 saturated carbocycles. The number of benzene rings is 1. The summed E-state index contributed by atoms with van der Waals surface area (Å²) >= 11 is 5.33. The highest BCUT2D eigenvalue weighted by molar-refractivity contribution is 7.71. The predicted molar refractivity (Wildman–Crippen MR) is 103 cm³/mol. The standard InChI is InChI=1S/C18H22N6OS/c1-12(2)24-15(7-9-19-24)20-16(25)8-10-23-17(21-22-18(23)26)14-6-4-5-13(3)11-14/h4-7,9,11-12H,8,10H2,1-3H3,(H,20,25)(H,22,26). The highest BCUT2D eigenvalue weighted by atomic mass is 32.1. The normalized spacial score (nSPS) is 11.1. The Kier molecular flexibility index (Phi) is 5.32. The number of carbonyl (C=O) groups excluding carboxylic acids is 1. The minimum Gasteiger partial charge on any atom is -0.311 e. The van der Waals surface area contributed by atoms with E-state index in [2.05, 4.69) is 20.6 Å². The number of hydrogen-bond acceptors (Lipinski definition) is 4. The van der Waals surface area contributed by atoms with Crippen LogP contribution < -0.4 is 5.32 Å². The number of aryl methyl sites for hydroxylation is 1. The molecule has 7 nitrogen and oxygen atoms in total. The van der Waals surface area contributed by atoms with Crippen molar-refractivity contribution in [2.24, 2.45) is 0 Å². The number of H-pyrrole nitrogens is 1. The van der Waals surface area contributed by atoms with Gasteiger partial charge in [-0.1, -0.05) is 23.8 Å². The van der Waals surface area contributed by atoms with Gasteiger partial charge in [-0.15, -0.1) is 0 Å². The number of nitrogens with zero attached hydrogens (tertiary/aromatic N) is 4. The summed E-state index contributed by atoms with van der Waals surface area (Å²) in [5, 5.41) is 14.3. The SMILES string of the molecule is Cc1cccc(-c2n[nH]c(=S)n2CCC(=O)Nc2ccnn2C(C)C)c1. The van der Waals surface area contributed by atoms with Crippen LogP contribution in [-0.2, 0) is 11.3 Å². The van der Waals surface area contributed by atoms with Gasteiger partial charge in [-0.05, 0) is 39.1 Å². The van der Waals surface area contributed by atoms with Gasteiger partial charge < -0.3 is 5.32 Å². The third-order valence-corrected chi connectivity index (χ3v) is 4.34. The van der Waals surface area contributed by atoms with Gasteiger partial charge in [0.2, 0.25) is 5.91 Å². The molecule has 2 heterocycles. The molecule has 1 aromatic carbocycles. The van der Waals surface area contributed by atoms with Crippen LogP contribution in [-0.4, -0.2) is 30.5 Å². The van der Waals surface area contributed by atoms with E-state index in [0.717, 1.165) is 17.0 Å². The molecule has 2 N–H and O–H groups in total. The minimum absolute atomic E-state index is 0.0920. The van der Waals surface area contributed by atoms with E-state index >= 15 is 0 Å². The van der Waals surface area contributed by atoms with E-state index in [0.29, 0.717) is 17.1 Å². The summed E-state index contributed by atoms with van der Waals surface area (Å²) in [4.78, 5) is 12.4. The van der Waals surface area contributed by atoms with Crippen molar-refractivity contribution in [2.75, 3.05) is 5.32 Å². The van der Waals surface area contributed by atoms with Crippen LogP contribution in [0, 0.1) is 11.7 Å². The van der Waals surface area contributed by atoms with Gasteiger partial charge in [-0.3, -0.25) is 14.5 Å². The van der Waals surface area contributed by atoms with Crippen molar-refractivity contribution in [1.29, 1.82) is 0 Å². The lowest BCUT2D eigenvalue weighted by Crippen LogP contribution is -2.18. The maximum atomic E-state index is 12.4. The van der Waals surface area contributed by atoms with Crippen LogP contribution >= 0.6 is 12.2 Å². The molecule has 26 heavy (non-hydrogen) atoms. The van der Waals surface area contributed by atoms with Crippen LogP contribution in [0.1, 0.15) is 31.9 Å². The molecule has 1 amide bonds. The Morgan fingerprint density at radius 1 is 1.35 bits per heavy atom. The Morgan fingerprint density at radius 3 is 2.88 bits per heavy atom. The fourth-order valence-corrected chi connectivity index (χ4v) is 3.00. The fraction of sp³-hybridized carbons (Fsp3) is 0.333. The number of aromatic nitrogens is 5. The average molecular weight is 370 g/mol. The fourth-order valence-electron chi connectivity index (χ4n) is 2.77. The molecule has 0 atom stereocenters. The molecule has 8 heteroatoms. The number of rotatable bonds is 6. The third-order valence-electron chi connectivity index (χ3n) is 4.02. The van der Waals surface area contributed by atoms with Crippen LogP contribution in [0.25, 0.3) is 11.4 Å². The highest BCUT2D eigenvalue weighted by Gasteiger charge is 2.13. The third kappa shape index (κ3) is 3.91. The number of hydrogen-bond donors (Lipinski definition) is 2. The lowest BCUT2D eigenvalue weighted by molar-refractivity contribution is -0.116. The van der Waals surface area contributed by atoms with Gasteiger partial charge in [0.15, 0.2) is 10.6 Å². The molecule has 0 saturated heterocycles. The quantitative estimate of drug-likeness (QED) is 0.648. The maximum Gasteiger partial charge on any atom is 0.227 e. The summed E-state index contributed by atoms with van der Waals surface area (Å²) < 4.78 is 4.13. The van der Waals surface area contributed by atoms with Gasteiger partial charge in [0.1, 0.15) is 5.82 Å². The average Bonchev–Trinajstić information content (AvgIpc) is 3.19. The molecule has 0 fully saturated rings. The summed E-state index contributed by atoms with van der Waals surface area (Å²) in [5.41, 5.74) is 2.11. The van der Waals surface area contributed by atoms with Crippen LogP contribution in [0.2, 0.25) is 0 Å². The number of amides is 1. The van der Waals surface area contributed by atoms with Crippen molar-refractivity contribution in [1.82, 2.24) is 24.5 Å². The number of nitrogens with one attached hydrogen (secondary N) is 2. The van der Waals surface area contributed by atoms with Gasteiger partial charge in [-0.25, -0.2) is 4.68 Å². The van der Waals surface area contributed by atoms with Crippen molar-refractivity contribution >= 4 is 23.9 Å². The number of carbonyl (C=O) groups is 1. The van der Waals surface area contributed by atoms with Crippen LogP contribution in [0.4, 0.5) is 5.82 Å². The van der Waals surface area contributed by atoms with E-state index in [1.807, 2.05) is 49.6 Å². The summed E-state index contributed by atoms with van der Waals surface area (Å²) in [7, 11) is 0. The van der Waals surface area contributed by atoms with Crippen molar-refractivity contribution in [3.63, 3.8) is 0 Å². The van der Waals surface area contributed by atoms with Crippen LogP contribution in [0.3, 0.4) is 0 Å². The van der Waals surface area contributed by atoms with E-state index in [9.17, 15) is 4.79 Å². The molecular weight excluding hydrogens is 348 g/mol. The van der Waals surface area contributed by atoms with Crippen molar-refractivity contribution in [2.45, 2.75) is 39.8 Å². The Balaban J connectivity index is 1.72. The Hall–Kier alpha value is -2.74. The zero-order valence-corrected chi connectivity index (χ0v) is 15.9. The largest absolute Gasteiger partial charge is 0.311 e. The van der Waals surface area contributed by atoms with Crippen molar-refractivity contribution in [3.8, 4) is 11.4 Å². The first-order valence-corrected chi connectivity index (χ1v) is 8.92. The molecule has 0 bridgehead atoms. The maximum absolute atomic E-state index is 12.4. The first kappa shape index (κ1) is 18.1. The zero-order chi connectivity index (χ0) is 18.7. The lowest BCUT2D eigenvalue weighted by Gasteiger charge is -2.12. The topological polar surface area (TPSA) is 80.5 Å². The predicted octanol–water partition coefficient (Wildman–Crippen LogP) is 3.72. The van der Waals surface area contributed by atoms with Gasteiger partial charge in [0.25, 0.3) is 0 Å². The summed E-state index contributed by atoms with van der Waals surface area (Å²) in [6.45, 7) is 6.50. The minimum atomic E-state index is -0.0920. The zero-order valence-electron chi connectivity index (χ0n) is 15.1. The van der Waals surface area contributed by atoms with E-state index in [1.165, 1.54) is 0 Å². The summed E-state index contributed by atoms with van der Waals surface area (Å²) in [6, 6.07) is 10.0. The van der Waals surface area contributed by atoms with E-state index in [-0.39, 0.29) is 18.4 Å². The molecular formula is C18H22N6OS. The molecule has 0 spiro atoms. The smallest absolute Gasteiger partial charge is 0.227 e. The second-order valence-corrected chi connectivity index (χ2v) is 6.81. The number of aromatic amines is 1. The summed E-state index contributed by atoms with van der Waals surface area (Å²) in [6.07, 6.45) is 1.97.